The second-order valence-corrected chi connectivity index (χ2v) is 6.50. The van der Waals surface area contributed by atoms with Crippen molar-refractivity contribution in [3.05, 3.63) is 11.4 Å². The number of nitrogens with one attached hydrogen (secondary N) is 1. The molecule has 6 nitrogen and oxygen atoms in total. The second kappa shape index (κ2) is 6.56. The smallest absolute Gasteiger partial charge is 0.273 e. The summed E-state index contributed by atoms with van der Waals surface area (Å²) in [5.74, 6) is -0.0901. The molecular formula is C15H27N5O. The van der Waals surface area contributed by atoms with Gasteiger partial charge in [-0.2, -0.15) is 0 Å². The van der Waals surface area contributed by atoms with Crippen LogP contribution in [0.4, 0.5) is 0 Å². The van der Waals surface area contributed by atoms with Crippen molar-refractivity contribution in [3.8, 4) is 0 Å². The van der Waals surface area contributed by atoms with Gasteiger partial charge in [-0.15, -0.1) is 5.10 Å². The second-order valence-electron chi connectivity index (χ2n) is 6.50. The molecule has 0 atom stereocenters. The topological polar surface area (TPSA) is 63.1 Å². The largest absolute Gasteiger partial charge is 0.348 e. The summed E-state index contributed by atoms with van der Waals surface area (Å²) in [6.45, 7) is 5.97. The van der Waals surface area contributed by atoms with E-state index in [-0.39, 0.29) is 18.0 Å². The van der Waals surface area contributed by atoms with E-state index in [1.807, 2.05) is 20.8 Å². The van der Waals surface area contributed by atoms with Crippen LogP contribution < -0.4 is 5.32 Å². The van der Waals surface area contributed by atoms with E-state index in [1.54, 1.807) is 4.68 Å². The highest BCUT2D eigenvalue weighted by Crippen LogP contribution is 2.22. The van der Waals surface area contributed by atoms with Crippen LogP contribution in [0.2, 0.25) is 0 Å². The number of rotatable bonds is 4. The van der Waals surface area contributed by atoms with Gasteiger partial charge < -0.3 is 10.2 Å². The number of nitrogens with zero attached hydrogens (tertiary/aromatic N) is 4. The first-order chi connectivity index (χ1) is 9.90. The minimum absolute atomic E-state index is 0.0901. The van der Waals surface area contributed by atoms with Crippen molar-refractivity contribution in [1.29, 1.82) is 0 Å². The summed E-state index contributed by atoms with van der Waals surface area (Å²) in [4.78, 5) is 14.6. The van der Waals surface area contributed by atoms with E-state index in [2.05, 4.69) is 34.6 Å². The van der Waals surface area contributed by atoms with Gasteiger partial charge in [0.05, 0.1) is 5.69 Å². The van der Waals surface area contributed by atoms with Gasteiger partial charge in [-0.1, -0.05) is 5.21 Å². The van der Waals surface area contributed by atoms with Crippen LogP contribution in [0.3, 0.4) is 0 Å². The average molecular weight is 293 g/mol. The molecule has 2 rings (SSSR count). The summed E-state index contributed by atoms with van der Waals surface area (Å²) in [6.07, 6.45) is 4.34. The van der Waals surface area contributed by atoms with Crippen molar-refractivity contribution in [1.82, 2.24) is 25.2 Å². The van der Waals surface area contributed by atoms with Crippen LogP contribution in [0.5, 0.6) is 0 Å². The van der Waals surface area contributed by atoms with E-state index < -0.39 is 0 Å². The molecule has 1 saturated carbocycles. The normalized spacial score (nSPS) is 22.8. The van der Waals surface area contributed by atoms with Crippen LogP contribution >= 0.6 is 0 Å². The van der Waals surface area contributed by atoms with Gasteiger partial charge in [0.25, 0.3) is 5.91 Å². The Bertz CT molecular complexity index is 486. The minimum Gasteiger partial charge on any atom is -0.348 e. The number of amides is 1. The Hall–Kier alpha value is -1.43. The molecule has 0 bridgehead atoms. The number of hydrogen-bond donors (Lipinski definition) is 1. The maximum atomic E-state index is 12.3. The van der Waals surface area contributed by atoms with Gasteiger partial charge in [0.2, 0.25) is 0 Å². The molecule has 1 aromatic rings. The molecule has 0 aliphatic heterocycles. The molecule has 0 unspecified atom stereocenters. The molecule has 1 amide bonds. The Morgan fingerprint density at radius 1 is 1.29 bits per heavy atom. The molecule has 0 aromatic carbocycles. The van der Waals surface area contributed by atoms with Crippen LogP contribution in [0.15, 0.2) is 0 Å². The number of carbonyl (C=O) groups excluding carboxylic acids is 1. The fourth-order valence-corrected chi connectivity index (χ4v) is 3.03. The monoisotopic (exact) mass is 293 g/mol. The Kier molecular flexibility index (Phi) is 4.98. The highest BCUT2D eigenvalue weighted by atomic mass is 16.2. The third-order valence-corrected chi connectivity index (χ3v) is 4.39. The van der Waals surface area contributed by atoms with Gasteiger partial charge in [0.1, 0.15) is 0 Å². The predicted octanol–water partition coefficient (Wildman–Crippen LogP) is 1.77. The van der Waals surface area contributed by atoms with Crippen molar-refractivity contribution < 1.29 is 4.79 Å². The maximum Gasteiger partial charge on any atom is 0.273 e. The quantitative estimate of drug-likeness (QED) is 0.919. The number of carbonyl (C=O) groups is 1. The highest BCUT2D eigenvalue weighted by molar-refractivity contribution is 5.93. The van der Waals surface area contributed by atoms with Crippen LogP contribution in [-0.4, -0.2) is 52.0 Å². The molecule has 0 radical (unpaired) electrons. The lowest BCUT2D eigenvalue weighted by atomic mass is 9.90. The third kappa shape index (κ3) is 3.61. The van der Waals surface area contributed by atoms with Crippen LogP contribution in [0, 0.1) is 6.92 Å². The van der Waals surface area contributed by atoms with Crippen LogP contribution in [-0.2, 0) is 0 Å². The molecule has 0 spiro atoms. The standard InChI is InChI=1S/C15H27N5O/c1-10(2)20-11(3)14(17-18-20)15(21)16-12-6-8-13(9-7-12)19(4)5/h10,12-13H,6-9H2,1-5H3,(H,16,21). The van der Waals surface area contributed by atoms with Crippen molar-refractivity contribution in [2.45, 2.75) is 64.6 Å². The summed E-state index contributed by atoms with van der Waals surface area (Å²) in [5.41, 5.74) is 1.29. The highest BCUT2D eigenvalue weighted by Gasteiger charge is 2.25. The molecule has 1 aliphatic carbocycles. The van der Waals surface area contributed by atoms with Crippen molar-refractivity contribution in [2.75, 3.05) is 14.1 Å². The summed E-state index contributed by atoms with van der Waals surface area (Å²) in [6, 6.07) is 1.12. The fourth-order valence-electron chi connectivity index (χ4n) is 3.03. The zero-order valence-electron chi connectivity index (χ0n) is 13.8. The Morgan fingerprint density at radius 2 is 1.90 bits per heavy atom. The Morgan fingerprint density at radius 3 is 2.38 bits per heavy atom. The van der Waals surface area contributed by atoms with E-state index in [0.717, 1.165) is 31.4 Å². The molecule has 1 aliphatic rings. The molecule has 1 aromatic heterocycles. The number of aromatic nitrogens is 3. The first-order valence-corrected chi connectivity index (χ1v) is 7.79. The van der Waals surface area contributed by atoms with Crippen molar-refractivity contribution in [2.24, 2.45) is 0 Å². The first-order valence-electron chi connectivity index (χ1n) is 7.79. The molecule has 6 heteroatoms. The van der Waals surface area contributed by atoms with Gasteiger partial charge in [0.15, 0.2) is 5.69 Å². The molecule has 1 N–H and O–H groups in total. The van der Waals surface area contributed by atoms with E-state index >= 15 is 0 Å². The summed E-state index contributed by atoms with van der Waals surface area (Å²) >= 11 is 0. The Balaban J connectivity index is 1.94. The first kappa shape index (κ1) is 15.9. The van der Waals surface area contributed by atoms with E-state index in [4.69, 9.17) is 0 Å². The lowest BCUT2D eigenvalue weighted by Gasteiger charge is -2.32. The lowest BCUT2D eigenvalue weighted by Crippen LogP contribution is -2.42. The minimum atomic E-state index is -0.0901. The molecule has 1 fully saturated rings. The summed E-state index contributed by atoms with van der Waals surface area (Å²) in [7, 11) is 4.24. The lowest BCUT2D eigenvalue weighted by molar-refractivity contribution is 0.0910. The predicted molar refractivity (Wildman–Crippen MR) is 82.3 cm³/mol. The van der Waals surface area contributed by atoms with Crippen LogP contribution in [0.1, 0.15) is 61.8 Å². The van der Waals surface area contributed by atoms with E-state index in [9.17, 15) is 4.79 Å². The fraction of sp³-hybridized carbons (Fsp3) is 0.800. The van der Waals surface area contributed by atoms with E-state index in [0.29, 0.717) is 11.7 Å². The Labute approximate surface area is 126 Å². The molecular weight excluding hydrogens is 266 g/mol. The molecule has 0 saturated heterocycles. The number of hydrogen-bond acceptors (Lipinski definition) is 4. The van der Waals surface area contributed by atoms with Gasteiger partial charge >= 0.3 is 0 Å². The van der Waals surface area contributed by atoms with E-state index in [1.165, 1.54) is 0 Å². The third-order valence-electron chi connectivity index (χ3n) is 4.39. The maximum absolute atomic E-state index is 12.3. The van der Waals surface area contributed by atoms with Crippen molar-refractivity contribution >= 4 is 5.91 Å². The van der Waals surface area contributed by atoms with Gasteiger partial charge in [-0.3, -0.25) is 4.79 Å². The zero-order chi connectivity index (χ0) is 15.6. The average Bonchev–Trinajstić information content (AvgIpc) is 2.81. The molecule has 118 valence electrons. The van der Waals surface area contributed by atoms with Crippen molar-refractivity contribution in [3.63, 3.8) is 0 Å². The molecule has 21 heavy (non-hydrogen) atoms. The van der Waals surface area contributed by atoms with Gasteiger partial charge in [-0.05, 0) is 60.5 Å². The zero-order valence-corrected chi connectivity index (χ0v) is 13.8. The SMILES string of the molecule is Cc1c(C(=O)NC2CCC(N(C)C)CC2)nnn1C(C)C. The molecule has 1 heterocycles. The van der Waals surface area contributed by atoms with Crippen LogP contribution in [0.25, 0.3) is 0 Å². The van der Waals surface area contributed by atoms with Gasteiger partial charge in [-0.25, -0.2) is 4.68 Å². The summed E-state index contributed by atoms with van der Waals surface area (Å²) < 4.78 is 1.79. The van der Waals surface area contributed by atoms with Gasteiger partial charge in [0, 0.05) is 18.1 Å². The summed E-state index contributed by atoms with van der Waals surface area (Å²) in [5, 5.41) is 11.2.